The van der Waals surface area contributed by atoms with Crippen LogP contribution in [0.5, 0.6) is 5.75 Å². The monoisotopic (exact) mass is 426 g/mol. The summed E-state index contributed by atoms with van der Waals surface area (Å²) < 4.78 is 34.6. The number of piperazine rings is 1. The van der Waals surface area contributed by atoms with Crippen LogP contribution in [0, 0.1) is 0 Å². The Morgan fingerprint density at radius 2 is 1.83 bits per heavy atom. The van der Waals surface area contributed by atoms with E-state index in [0.717, 1.165) is 24.2 Å². The van der Waals surface area contributed by atoms with E-state index in [9.17, 15) is 8.42 Å². The van der Waals surface area contributed by atoms with Crippen molar-refractivity contribution in [2.75, 3.05) is 29.8 Å². The topological polar surface area (TPSA) is 83.6 Å². The first-order valence-corrected chi connectivity index (χ1v) is 11.4. The van der Waals surface area contributed by atoms with Gasteiger partial charge in [0.25, 0.3) is 10.0 Å². The second kappa shape index (κ2) is 8.12. The summed E-state index contributed by atoms with van der Waals surface area (Å²) in [5.41, 5.74) is 1.80. The maximum atomic E-state index is 13.2. The van der Waals surface area contributed by atoms with Crippen molar-refractivity contribution in [1.82, 2.24) is 10.3 Å². The Balaban J connectivity index is 1.69. The van der Waals surface area contributed by atoms with Gasteiger partial charge in [0.15, 0.2) is 0 Å². The number of benzene rings is 2. The van der Waals surface area contributed by atoms with Crippen molar-refractivity contribution in [3.63, 3.8) is 0 Å². The Kier molecular flexibility index (Phi) is 5.53. The summed E-state index contributed by atoms with van der Waals surface area (Å²) in [6, 6.07) is 14.8. The number of hydrogen-bond donors (Lipinski definition) is 2. The van der Waals surface area contributed by atoms with E-state index in [1.54, 1.807) is 43.6 Å². The van der Waals surface area contributed by atoms with Gasteiger partial charge in [-0.3, -0.25) is 9.71 Å². The van der Waals surface area contributed by atoms with Crippen LogP contribution in [0.25, 0.3) is 10.9 Å². The van der Waals surface area contributed by atoms with Crippen molar-refractivity contribution in [2.45, 2.75) is 30.8 Å². The summed E-state index contributed by atoms with van der Waals surface area (Å²) in [7, 11) is -2.19. The van der Waals surface area contributed by atoms with Gasteiger partial charge in [0.1, 0.15) is 10.6 Å². The molecule has 0 bridgehead atoms. The van der Waals surface area contributed by atoms with Crippen LogP contribution in [-0.2, 0) is 10.0 Å². The van der Waals surface area contributed by atoms with Gasteiger partial charge in [-0.2, -0.15) is 0 Å². The molecule has 2 heterocycles. The van der Waals surface area contributed by atoms with Gasteiger partial charge in [0.2, 0.25) is 0 Å². The molecule has 3 aromatic rings. The lowest BCUT2D eigenvalue weighted by Gasteiger charge is -2.38. The minimum absolute atomic E-state index is 0.155. The summed E-state index contributed by atoms with van der Waals surface area (Å²) in [5.74, 6) is 0.714. The van der Waals surface area contributed by atoms with E-state index in [1.807, 2.05) is 18.2 Å². The molecule has 2 unspecified atom stereocenters. The third kappa shape index (κ3) is 4.06. The summed E-state index contributed by atoms with van der Waals surface area (Å²) in [4.78, 5) is 6.65. The second-order valence-electron chi connectivity index (χ2n) is 7.70. The number of fused-ring (bicyclic) bond motifs is 1. The smallest absolute Gasteiger partial charge is 0.264 e. The SMILES string of the molecule is COc1ccc(NS(=O)(=O)c2cccc3cccnc23)cc1N1CC(C)NC(C)C1. The highest BCUT2D eigenvalue weighted by molar-refractivity contribution is 7.93. The summed E-state index contributed by atoms with van der Waals surface area (Å²) >= 11 is 0. The molecule has 158 valence electrons. The number of nitrogens with zero attached hydrogens (tertiary/aromatic N) is 2. The number of sulfonamides is 1. The molecule has 2 N–H and O–H groups in total. The quantitative estimate of drug-likeness (QED) is 0.652. The molecular formula is C22H26N4O3S. The lowest BCUT2D eigenvalue weighted by molar-refractivity contribution is 0.391. The molecule has 0 spiro atoms. The third-order valence-corrected chi connectivity index (χ3v) is 6.63. The van der Waals surface area contributed by atoms with Gasteiger partial charge in [-0.25, -0.2) is 8.42 Å². The highest BCUT2D eigenvalue weighted by atomic mass is 32.2. The van der Waals surface area contributed by atoms with Gasteiger partial charge in [-0.1, -0.05) is 18.2 Å². The first-order chi connectivity index (χ1) is 14.4. The van der Waals surface area contributed by atoms with Crippen molar-refractivity contribution in [3.8, 4) is 5.75 Å². The first-order valence-electron chi connectivity index (χ1n) is 9.93. The molecule has 1 aliphatic rings. The van der Waals surface area contributed by atoms with Gasteiger partial charge in [-0.15, -0.1) is 0 Å². The number of pyridine rings is 1. The van der Waals surface area contributed by atoms with Crippen molar-refractivity contribution in [1.29, 1.82) is 0 Å². The van der Waals surface area contributed by atoms with Crippen LogP contribution in [0.4, 0.5) is 11.4 Å². The second-order valence-corrected chi connectivity index (χ2v) is 9.35. The van der Waals surface area contributed by atoms with E-state index in [-0.39, 0.29) is 4.90 Å². The van der Waals surface area contributed by atoms with Gasteiger partial charge in [0, 0.05) is 36.8 Å². The van der Waals surface area contributed by atoms with Crippen molar-refractivity contribution < 1.29 is 13.2 Å². The van der Waals surface area contributed by atoms with Crippen LogP contribution in [0.3, 0.4) is 0 Å². The predicted molar refractivity (Wildman–Crippen MR) is 120 cm³/mol. The number of methoxy groups -OCH3 is 1. The van der Waals surface area contributed by atoms with E-state index < -0.39 is 10.0 Å². The molecular weight excluding hydrogens is 400 g/mol. The Hall–Kier alpha value is -2.84. The molecule has 1 aliphatic heterocycles. The average molecular weight is 427 g/mol. The van der Waals surface area contributed by atoms with Crippen LogP contribution in [-0.4, -0.2) is 45.7 Å². The van der Waals surface area contributed by atoms with Crippen LogP contribution in [0.1, 0.15) is 13.8 Å². The predicted octanol–water partition coefficient (Wildman–Crippen LogP) is 3.23. The molecule has 0 radical (unpaired) electrons. The standard InChI is InChI=1S/C22H26N4O3S/c1-15-13-26(14-16(2)24-15)19-12-18(9-10-20(19)29-3)25-30(27,28)21-8-4-6-17-7-5-11-23-22(17)21/h4-12,15-16,24-25H,13-14H2,1-3H3. The molecule has 1 aromatic heterocycles. The van der Waals surface area contributed by atoms with Crippen LogP contribution >= 0.6 is 0 Å². The number of anilines is 2. The lowest BCUT2D eigenvalue weighted by atomic mass is 10.1. The number of rotatable bonds is 5. The Morgan fingerprint density at radius 1 is 1.10 bits per heavy atom. The molecule has 1 saturated heterocycles. The summed E-state index contributed by atoms with van der Waals surface area (Å²) in [6.45, 7) is 5.89. The summed E-state index contributed by atoms with van der Waals surface area (Å²) in [5, 5.41) is 4.28. The van der Waals surface area contributed by atoms with Gasteiger partial charge < -0.3 is 15.0 Å². The minimum Gasteiger partial charge on any atom is -0.495 e. The normalized spacial score (nSPS) is 19.6. The zero-order valence-electron chi connectivity index (χ0n) is 17.3. The average Bonchev–Trinajstić information content (AvgIpc) is 2.72. The molecule has 2 atom stereocenters. The van der Waals surface area contributed by atoms with E-state index in [1.165, 1.54) is 0 Å². The molecule has 7 nitrogen and oxygen atoms in total. The fourth-order valence-corrected chi connectivity index (χ4v) is 5.26. The molecule has 8 heteroatoms. The van der Waals surface area contributed by atoms with E-state index >= 15 is 0 Å². The zero-order chi connectivity index (χ0) is 21.3. The molecule has 4 rings (SSSR count). The van der Waals surface area contributed by atoms with Gasteiger partial charge in [0.05, 0.1) is 24.0 Å². The molecule has 0 saturated carbocycles. The van der Waals surface area contributed by atoms with Crippen molar-refractivity contribution >= 4 is 32.3 Å². The van der Waals surface area contributed by atoms with Crippen molar-refractivity contribution in [3.05, 3.63) is 54.7 Å². The molecule has 0 amide bonds. The third-order valence-electron chi connectivity index (χ3n) is 5.21. The number of nitrogens with one attached hydrogen (secondary N) is 2. The number of para-hydroxylation sites is 1. The minimum atomic E-state index is -3.81. The molecule has 30 heavy (non-hydrogen) atoms. The Labute approximate surface area is 177 Å². The molecule has 0 aliphatic carbocycles. The van der Waals surface area contributed by atoms with E-state index in [4.69, 9.17) is 4.74 Å². The molecule has 2 aromatic carbocycles. The van der Waals surface area contributed by atoms with Crippen LogP contribution in [0.2, 0.25) is 0 Å². The van der Waals surface area contributed by atoms with Gasteiger partial charge in [-0.05, 0) is 44.2 Å². The maximum absolute atomic E-state index is 13.2. The van der Waals surface area contributed by atoms with Crippen molar-refractivity contribution in [2.24, 2.45) is 0 Å². The lowest BCUT2D eigenvalue weighted by Crippen LogP contribution is -2.54. The van der Waals surface area contributed by atoms with Crippen LogP contribution < -0.4 is 19.7 Å². The van der Waals surface area contributed by atoms with E-state index in [0.29, 0.717) is 29.0 Å². The first kappa shape index (κ1) is 20.4. The largest absolute Gasteiger partial charge is 0.495 e. The fraction of sp³-hybridized carbons (Fsp3) is 0.318. The number of hydrogen-bond acceptors (Lipinski definition) is 6. The maximum Gasteiger partial charge on any atom is 0.264 e. The molecule has 1 fully saturated rings. The number of aromatic nitrogens is 1. The highest BCUT2D eigenvalue weighted by Crippen LogP contribution is 2.33. The Morgan fingerprint density at radius 3 is 2.57 bits per heavy atom. The highest BCUT2D eigenvalue weighted by Gasteiger charge is 2.25. The van der Waals surface area contributed by atoms with E-state index in [2.05, 4.69) is 33.8 Å². The van der Waals surface area contributed by atoms with Gasteiger partial charge >= 0.3 is 0 Å². The zero-order valence-corrected chi connectivity index (χ0v) is 18.1. The number of ether oxygens (including phenoxy) is 1. The summed E-state index contributed by atoms with van der Waals surface area (Å²) in [6.07, 6.45) is 1.60. The fourth-order valence-electron chi connectivity index (χ4n) is 4.03. The Bertz CT molecular complexity index is 1150. The van der Waals surface area contributed by atoms with Crippen LogP contribution in [0.15, 0.2) is 59.6 Å².